The van der Waals surface area contributed by atoms with E-state index >= 15 is 0 Å². The van der Waals surface area contributed by atoms with Crippen LogP contribution in [-0.2, 0) is 23.8 Å². The van der Waals surface area contributed by atoms with Gasteiger partial charge in [0.1, 0.15) is 12.4 Å². The quantitative estimate of drug-likeness (QED) is 0.448. The van der Waals surface area contributed by atoms with Crippen LogP contribution in [0.4, 0.5) is 26.3 Å². The Morgan fingerprint density at radius 1 is 0.970 bits per heavy atom. The molecule has 9 heteroatoms. The largest absolute Gasteiger partial charge is 0.489 e. The molecule has 0 radical (unpaired) electrons. The Morgan fingerprint density at radius 3 is 2.21 bits per heavy atom. The number of halogens is 6. The Kier molecular flexibility index (Phi) is 7.59. The fourth-order valence-electron chi connectivity index (χ4n) is 4.40. The number of para-hydroxylation sites is 1. The molecular formula is C24H25F6NO2. The lowest BCUT2D eigenvalue weighted by atomic mass is 9.76. The van der Waals surface area contributed by atoms with Crippen molar-refractivity contribution < 1.29 is 35.9 Å². The van der Waals surface area contributed by atoms with E-state index in [-0.39, 0.29) is 23.5 Å². The highest BCUT2D eigenvalue weighted by molar-refractivity contribution is 5.73. The van der Waals surface area contributed by atoms with E-state index in [1.807, 2.05) is 12.1 Å². The molecule has 1 saturated carbocycles. The van der Waals surface area contributed by atoms with Crippen molar-refractivity contribution in [2.24, 2.45) is 11.7 Å². The van der Waals surface area contributed by atoms with Gasteiger partial charge in [0.2, 0.25) is 5.91 Å². The molecule has 2 aromatic carbocycles. The van der Waals surface area contributed by atoms with Gasteiger partial charge < -0.3 is 10.5 Å². The maximum absolute atomic E-state index is 13.1. The van der Waals surface area contributed by atoms with E-state index in [0.29, 0.717) is 36.6 Å². The van der Waals surface area contributed by atoms with Crippen LogP contribution in [0.5, 0.6) is 5.75 Å². The first-order valence-corrected chi connectivity index (χ1v) is 10.7. The van der Waals surface area contributed by atoms with E-state index in [1.165, 1.54) is 0 Å². The fourth-order valence-corrected chi connectivity index (χ4v) is 4.40. The molecule has 0 spiro atoms. The number of hydrogen-bond donors (Lipinski definition) is 1. The summed E-state index contributed by atoms with van der Waals surface area (Å²) in [6, 6.07) is 8.52. The summed E-state index contributed by atoms with van der Waals surface area (Å²) >= 11 is 0. The van der Waals surface area contributed by atoms with Crippen LogP contribution >= 0.6 is 0 Å². The van der Waals surface area contributed by atoms with Gasteiger partial charge in [0.05, 0.1) is 11.1 Å². The second-order valence-corrected chi connectivity index (χ2v) is 8.48. The normalized spacial score (nSPS) is 19.3. The highest BCUT2D eigenvalue weighted by Crippen LogP contribution is 2.42. The smallest absolute Gasteiger partial charge is 0.416 e. The molecule has 0 aromatic heterocycles. The monoisotopic (exact) mass is 473 g/mol. The third kappa shape index (κ3) is 6.88. The zero-order chi connectivity index (χ0) is 24.2. The van der Waals surface area contributed by atoms with E-state index in [0.717, 1.165) is 31.2 Å². The van der Waals surface area contributed by atoms with Crippen LogP contribution in [0.25, 0.3) is 0 Å². The molecule has 1 aliphatic carbocycles. The topological polar surface area (TPSA) is 52.3 Å². The van der Waals surface area contributed by atoms with Crippen molar-refractivity contribution in [1.82, 2.24) is 0 Å². The van der Waals surface area contributed by atoms with Crippen molar-refractivity contribution in [2.45, 2.75) is 63.4 Å². The number of alkyl halides is 6. The molecule has 3 rings (SSSR count). The van der Waals surface area contributed by atoms with Gasteiger partial charge in [-0.15, -0.1) is 0 Å². The summed E-state index contributed by atoms with van der Waals surface area (Å²) in [4.78, 5) is 11.1. The average Bonchev–Trinajstić information content (AvgIpc) is 2.75. The van der Waals surface area contributed by atoms with Gasteiger partial charge in [-0.2, -0.15) is 26.3 Å². The molecule has 2 atom stereocenters. The van der Waals surface area contributed by atoms with Crippen LogP contribution in [0, 0.1) is 5.92 Å². The lowest BCUT2D eigenvalue weighted by Gasteiger charge is -2.30. The van der Waals surface area contributed by atoms with Crippen LogP contribution in [0.3, 0.4) is 0 Å². The number of nitrogens with two attached hydrogens (primary N) is 1. The second kappa shape index (κ2) is 10.1. The molecule has 0 aliphatic heterocycles. The molecular weight excluding hydrogens is 448 g/mol. The van der Waals surface area contributed by atoms with Gasteiger partial charge >= 0.3 is 12.4 Å². The minimum absolute atomic E-state index is 0.103. The molecule has 1 aliphatic rings. The number of rotatable bonds is 7. The minimum atomic E-state index is -4.91. The van der Waals surface area contributed by atoms with Crippen LogP contribution < -0.4 is 10.5 Å². The predicted molar refractivity (Wildman–Crippen MR) is 110 cm³/mol. The number of hydrogen-bond acceptors (Lipinski definition) is 2. The Morgan fingerprint density at radius 2 is 1.61 bits per heavy atom. The highest BCUT2D eigenvalue weighted by Gasteiger charge is 2.37. The summed E-state index contributed by atoms with van der Waals surface area (Å²) < 4.78 is 84.4. The molecule has 0 heterocycles. The summed E-state index contributed by atoms with van der Waals surface area (Å²) in [7, 11) is 0. The number of carbonyl (C=O) groups is 1. The van der Waals surface area contributed by atoms with Crippen molar-refractivity contribution in [3.8, 4) is 5.75 Å². The third-order valence-electron chi connectivity index (χ3n) is 5.98. The van der Waals surface area contributed by atoms with Gasteiger partial charge in [0, 0.05) is 6.42 Å². The van der Waals surface area contributed by atoms with Crippen molar-refractivity contribution in [1.29, 1.82) is 0 Å². The van der Waals surface area contributed by atoms with E-state index in [4.69, 9.17) is 10.5 Å². The van der Waals surface area contributed by atoms with Crippen LogP contribution in [0.2, 0.25) is 0 Å². The number of amides is 1. The van der Waals surface area contributed by atoms with E-state index in [2.05, 4.69) is 0 Å². The molecule has 0 bridgehead atoms. The Hall–Kier alpha value is -2.71. The molecule has 1 fully saturated rings. The molecule has 0 saturated heterocycles. The number of carbonyl (C=O) groups excluding carboxylic acids is 1. The lowest BCUT2D eigenvalue weighted by Crippen LogP contribution is -2.18. The van der Waals surface area contributed by atoms with Gasteiger partial charge in [0.25, 0.3) is 0 Å². The summed E-state index contributed by atoms with van der Waals surface area (Å²) in [6.45, 7) is -0.429. The minimum Gasteiger partial charge on any atom is -0.489 e. The van der Waals surface area contributed by atoms with Crippen molar-refractivity contribution in [3.63, 3.8) is 0 Å². The zero-order valence-electron chi connectivity index (χ0n) is 17.8. The molecule has 2 unspecified atom stereocenters. The molecule has 2 N–H and O–H groups in total. The number of benzene rings is 2. The second-order valence-electron chi connectivity index (χ2n) is 8.48. The Balaban J connectivity index is 1.79. The maximum Gasteiger partial charge on any atom is 0.416 e. The first kappa shape index (κ1) is 24.9. The van der Waals surface area contributed by atoms with Gasteiger partial charge in [-0.25, -0.2) is 0 Å². The van der Waals surface area contributed by atoms with E-state index < -0.39 is 30.1 Å². The number of primary amides is 1. The molecule has 33 heavy (non-hydrogen) atoms. The van der Waals surface area contributed by atoms with Crippen LogP contribution in [0.15, 0.2) is 42.5 Å². The van der Waals surface area contributed by atoms with Gasteiger partial charge in [-0.05, 0) is 66.5 Å². The summed E-state index contributed by atoms with van der Waals surface area (Å²) in [5, 5.41) is 0. The molecule has 3 nitrogen and oxygen atoms in total. The fraction of sp³-hybridized carbons (Fsp3) is 0.458. The van der Waals surface area contributed by atoms with Crippen LogP contribution in [0.1, 0.15) is 66.7 Å². The average molecular weight is 473 g/mol. The predicted octanol–water partition coefficient (Wildman–Crippen LogP) is 6.84. The van der Waals surface area contributed by atoms with Gasteiger partial charge in [-0.1, -0.05) is 31.0 Å². The first-order valence-electron chi connectivity index (χ1n) is 10.7. The third-order valence-corrected chi connectivity index (χ3v) is 5.98. The molecule has 180 valence electrons. The lowest BCUT2D eigenvalue weighted by molar-refractivity contribution is -0.143. The standard InChI is InChI=1S/C24H25F6NO2/c25-23(26,27)18-11-16(12-19(13-18)24(28,29)30)14-33-21-7-2-1-6-20(21)17-5-3-4-15(10-17)8-9-22(31)32/h1-2,6-7,11-13,15,17H,3-5,8-10,14H2,(H2,31,32). The Bertz CT molecular complexity index is 938. The first-order chi connectivity index (χ1) is 15.4. The van der Waals surface area contributed by atoms with Crippen molar-refractivity contribution in [3.05, 3.63) is 64.7 Å². The SMILES string of the molecule is NC(=O)CCC1CCCC(c2ccccc2OCc2cc(C(F)(F)F)cc(C(F)(F)F)c2)C1. The van der Waals surface area contributed by atoms with Crippen LogP contribution in [-0.4, -0.2) is 5.91 Å². The van der Waals surface area contributed by atoms with E-state index in [9.17, 15) is 31.1 Å². The summed E-state index contributed by atoms with van der Waals surface area (Å²) in [5.41, 5.74) is 3.17. The van der Waals surface area contributed by atoms with E-state index in [1.54, 1.807) is 12.1 Å². The van der Waals surface area contributed by atoms with Crippen molar-refractivity contribution >= 4 is 5.91 Å². The number of ether oxygens (including phenoxy) is 1. The summed E-state index contributed by atoms with van der Waals surface area (Å²) in [6.07, 6.45) is -5.18. The molecule has 1 amide bonds. The van der Waals surface area contributed by atoms with Gasteiger partial charge in [0.15, 0.2) is 0 Å². The van der Waals surface area contributed by atoms with Gasteiger partial charge in [-0.3, -0.25) is 4.79 Å². The summed E-state index contributed by atoms with van der Waals surface area (Å²) in [5.74, 6) is 0.534. The zero-order valence-corrected chi connectivity index (χ0v) is 17.8. The van der Waals surface area contributed by atoms with Crippen molar-refractivity contribution in [2.75, 3.05) is 0 Å². The maximum atomic E-state index is 13.1. The Labute approximate surface area is 187 Å². The molecule has 2 aromatic rings. The highest BCUT2D eigenvalue weighted by atomic mass is 19.4.